The van der Waals surface area contributed by atoms with E-state index in [0.29, 0.717) is 24.5 Å². The maximum atomic E-state index is 13.1. The largest absolute Gasteiger partial charge is 0.491 e. The average Bonchev–Trinajstić information content (AvgIpc) is 2.79. The highest BCUT2D eigenvalue weighted by atomic mass is 32.2. The minimum absolute atomic E-state index is 0.00686. The molecular formula is C25H37N3O3S. The Hall–Kier alpha value is -1.93. The lowest BCUT2D eigenvalue weighted by atomic mass is 9.92. The summed E-state index contributed by atoms with van der Waals surface area (Å²) >= 11 is 0. The number of rotatable bonds is 10. The van der Waals surface area contributed by atoms with Crippen molar-refractivity contribution in [1.82, 2.24) is 14.9 Å². The van der Waals surface area contributed by atoms with Gasteiger partial charge >= 0.3 is 0 Å². The van der Waals surface area contributed by atoms with Crippen LogP contribution in [0.1, 0.15) is 57.7 Å². The predicted molar refractivity (Wildman–Crippen MR) is 129 cm³/mol. The van der Waals surface area contributed by atoms with Crippen LogP contribution in [0.15, 0.2) is 53.4 Å². The van der Waals surface area contributed by atoms with Gasteiger partial charge in [-0.1, -0.05) is 44.2 Å². The molecule has 0 aromatic heterocycles. The fourth-order valence-electron chi connectivity index (χ4n) is 4.30. The average molecular weight is 460 g/mol. The maximum Gasteiger partial charge on any atom is 0.243 e. The van der Waals surface area contributed by atoms with Crippen molar-refractivity contribution in [1.29, 1.82) is 0 Å². The van der Waals surface area contributed by atoms with Crippen molar-refractivity contribution in [3.63, 3.8) is 0 Å². The lowest BCUT2D eigenvalue weighted by Gasteiger charge is -2.34. The lowest BCUT2D eigenvalue weighted by Crippen LogP contribution is -2.45. The molecule has 0 spiro atoms. The van der Waals surface area contributed by atoms with Crippen molar-refractivity contribution < 1.29 is 13.2 Å². The van der Waals surface area contributed by atoms with Gasteiger partial charge in [0.05, 0.1) is 11.0 Å². The molecule has 2 aromatic rings. The van der Waals surface area contributed by atoms with Gasteiger partial charge in [-0.3, -0.25) is 0 Å². The molecule has 0 radical (unpaired) electrons. The van der Waals surface area contributed by atoms with E-state index in [2.05, 4.69) is 34.9 Å². The van der Waals surface area contributed by atoms with Crippen LogP contribution in [-0.2, 0) is 16.6 Å². The van der Waals surface area contributed by atoms with Crippen LogP contribution >= 0.6 is 0 Å². The van der Waals surface area contributed by atoms with Crippen molar-refractivity contribution in [2.45, 2.75) is 70.2 Å². The second kappa shape index (κ2) is 11.3. The monoisotopic (exact) mass is 459 g/mol. The Morgan fingerprint density at radius 1 is 1.12 bits per heavy atom. The molecule has 1 fully saturated rings. The van der Waals surface area contributed by atoms with E-state index >= 15 is 0 Å². The van der Waals surface area contributed by atoms with Crippen molar-refractivity contribution in [2.24, 2.45) is 0 Å². The first-order valence-corrected chi connectivity index (χ1v) is 13.1. The number of benzene rings is 2. The summed E-state index contributed by atoms with van der Waals surface area (Å²) in [6.07, 6.45) is 2.17. The molecule has 6 nitrogen and oxygen atoms in total. The Bertz CT molecular complexity index is 960. The van der Waals surface area contributed by atoms with Gasteiger partial charge in [-0.05, 0) is 57.0 Å². The SMILES string of the molecule is CCN(CC)S(=O)(=O)c1ccc(OC(C)C)c(CN[C@@H]2CCCN[C@@H]2c2ccccc2)c1. The van der Waals surface area contributed by atoms with Crippen molar-refractivity contribution in [3.05, 3.63) is 59.7 Å². The molecule has 0 bridgehead atoms. The number of hydrogen-bond donors (Lipinski definition) is 2. The third-order valence-electron chi connectivity index (χ3n) is 5.91. The third kappa shape index (κ3) is 5.90. The smallest absolute Gasteiger partial charge is 0.243 e. The Morgan fingerprint density at radius 3 is 2.50 bits per heavy atom. The van der Waals surface area contributed by atoms with Gasteiger partial charge in [-0.15, -0.1) is 0 Å². The number of nitrogens with one attached hydrogen (secondary N) is 2. The molecule has 7 heteroatoms. The quantitative estimate of drug-likeness (QED) is 0.560. The first-order valence-electron chi connectivity index (χ1n) is 11.7. The van der Waals surface area contributed by atoms with Crippen LogP contribution in [0.5, 0.6) is 5.75 Å². The first kappa shape index (κ1) is 24.7. The van der Waals surface area contributed by atoms with E-state index in [4.69, 9.17) is 4.74 Å². The summed E-state index contributed by atoms with van der Waals surface area (Å²) in [7, 11) is -3.53. The lowest BCUT2D eigenvalue weighted by molar-refractivity contribution is 0.237. The van der Waals surface area contributed by atoms with Crippen LogP contribution in [0.4, 0.5) is 0 Å². The van der Waals surface area contributed by atoms with E-state index < -0.39 is 10.0 Å². The normalized spacial score (nSPS) is 19.4. The van der Waals surface area contributed by atoms with Crippen LogP contribution in [0.3, 0.4) is 0 Å². The number of ether oxygens (including phenoxy) is 1. The van der Waals surface area contributed by atoms with Crippen LogP contribution in [0.2, 0.25) is 0 Å². The van der Waals surface area contributed by atoms with Gasteiger partial charge in [-0.2, -0.15) is 4.31 Å². The summed E-state index contributed by atoms with van der Waals surface area (Å²) in [5, 5.41) is 7.32. The van der Waals surface area contributed by atoms with E-state index in [9.17, 15) is 8.42 Å². The van der Waals surface area contributed by atoms with E-state index in [-0.39, 0.29) is 18.2 Å². The molecule has 0 saturated carbocycles. The molecule has 0 aliphatic carbocycles. The van der Waals surface area contributed by atoms with Crippen LogP contribution in [0.25, 0.3) is 0 Å². The predicted octanol–water partition coefficient (Wildman–Crippen LogP) is 4.09. The molecule has 3 rings (SSSR count). The van der Waals surface area contributed by atoms with Crippen molar-refractivity contribution in [3.8, 4) is 5.75 Å². The topological polar surface area (TPSA) is 70.7 Å². The van der Waals surface area contributed by atoms with Crippen molar-refractivity contribution in [2.75, 3.05) is 19.6 Å². The number of nitrogens with zero attached hydrogens (tertiary/aromatic N) is 1. The summed E-state index contributed by atoms with van der Waals surface area (Å²) in [5.74, 6) is 0.728. The highest BCUT2D eigenvalue weighted by molar-refractivity contribution is 7.89. The Kier molecular flexibility index (Phi) is 8.71. The zero-order chi connectivity index (χ0) is 23.1. The number of hydrogen-bond acceptors (Lipinski definition) is 5. The zero-order valence-corrected chi connectivity index (χ0v) is 20.5. The maximum absolute atomic E-state index is 13.1. The van der Waals surface area contributed by atoms with E-state index in [1.807, 2.05) is 33.8 Å². The molecule has 2 atom stereocenters. The molecule has 2 aromatic carbocycles. The summed E-state index contributed by atoms with van der Waals surface area (Å²) < 4.78 is 33.7. The summed E-state index contributed by atoms with van der Waals surface area (Å²) in [6, 6.07) is 16.2. The van der Waals surface area contributed by atoms with Crippen LogP contribution < -0.4 is 15.4 Å². The van der Waals surface area contributed by atoms with Gasteiger partial charge in [0.2, 0.25) is 10.0 Å². The third-order valence-corrected chi connectivity index (χ3v) is 7.96. The molecular weight excluding hydrogens is 422 g/mol. The molecule has 2 N–H and O–H groups in total. The summed E-state index contributed by atoms with van der Waals surface area (Å²) in [5.41, 5.74) is 2.13. The van der Waals surface area contributed by atoms with Gasteiger partial charge in [-0.25, -0.2) is 8.42 Å². The Balaban J connectivity index is 1.86. The highest BCUT2D eigenvalue weighted by Gasteiger charge is 2.27. The highest BCUT2D eigenvalue weighted by Crippen LogP contribution is 2.28. The molecule has 1 heterocycles. The second-order valence-electron chi connectivity index (χ2n) is 8.50. The summed E-state index contributed by atoms with van der Waals surface area (Å²) in [4.78, 5) is 0.315. The zero-order valence-electron chi connectivity index (χ0n) is 19.7. The summed E-state index contributed by atoms with van der Waals surface area (Å²) in [6.45, 7) is 10.1. The molecule has 0 amide bonds. The van der Waals surface area contributed by atoms with E-state index in [1.54, 1.807) is 18.2 Å². The number of sulfonamides is 1. The fourth-order valence-corrected chi connectivity index (χ4v) is 5.81. The van der Waals surface area contributed by atoms with Gasteiger partial charge in [0.15, 0.2) is 0 Å². The molecule has 32 heavy (non-hydrogen) atoms. The molecule has 0 unspecified atom stereocenters. The molecule has 1 saturated heterocycles. The standard InChI is InChI=1S/C25H37N3O3S/c1-5-28(6-2)32(29,30)22-14-15-24(31-19(3)4)21(17-22)18-27-23-13-10-16-26-25(23)20-11-8-7-9-12-20/h7-9,11-12,14-15,17,19,23,25-27H,5-6,10,13,16,18H2,1-4H3/t23-,25-/m1/s1. The minimum atomic E-state index is -3.53. The Labute approximate surface area is 193 Å². The van der Waals surface area contributed by atoms with E-state index in [0.717, 1.165) is 30.7 Å². The Morgan fingerprint density at radius 2 is 1.84 bits per heavy atom. The van der Waals surface area contributed by atoms with Crippen LogP contribution in [-0.4, -0.2) is 44.5 Å². The minimum Gasteiger partial charge on any atom is -0.491 e. The van der Waals surface area contributed by atoms with E-state index in [1.165, 1.54) is 9.87 Å². The molecule has 1 aliphatic heterocycles. The number of piperidine rings is 1. The van der Waals surface area contributed by atoms with Gasteiger partial charge in [0.1, 0.15) is 5.75 Å². The van der Waals surface area contributed by atoms with Crippen LogP contribution in [0, 0.1) is 0 Å². The first-order chi connectivity index (χ1) is 15.4. The van der Waals surface area contributed by atoms with Gasteiger partial charge in [0, 0.05) is 37.3 Å². The molecule has 176 valence electrons. The van der Waals surface area contributed by atoms with Gasteiger partial charge in [0.25, 0.3) is 0 Å². The fraction of sp³-hybridized carbons (Fsp3) is 0.520. The van der Waals surface area contributed by atoms with Gasteiger partial charge < -0.3 is 15.4 Å². The second-order valence-corrected chi connectivity index (χ2v) is 10.4. The molecule has 1 aliphatic rings. The van der Waals surface area contributed by atoms with Crippen molar-refractivity contribution >= 4 is 10.0 Å².